The third kappa shape index (κ3) is 6.37. The minimum absolute atomic E-state index is 0.187. The Bertz CT molecular complexity index is 307. The van der Waals surface area contributed by atoms with Crippen molar-refractivity contribution in [2.24, 2.45) is 17.6 Å². The van der Waals surface area contributed by atoms with Gasteiger partial charge in [0.1, 0.15) is 12.1 Å². The standard InChI is InChI=1S/C11H19F6NO3/c1-2-3-6(19)5(10(12,13)14)4-7(20)8(9(18)21)11(15,16)17/h5-9,19-21H,2-4,18H2,1H3. The number of rotatable bonds is 7. The summed E-state index contributed by atoms with van der Waals surface area (Å²) in [4.78, 5) is 0. The highest BCUT2D eigenvalue weighted by atomic mass is 19.4. The molecule has 0 spiro atoms. The maximum absolute atomic E-state index is 12.8. The molecule has 5 atom stereocenters. The average molecular weight is 327 g/mol. The molecule has 4 nitrogen and oxygen atoms in total. The molecular formula is C11H19F6NO3. The Morgan fingerprint density at radius 2 is 1.38 bits per heavy atom. The van der Waals surface area contributed by atoms with Crippen LogP contribution in [0.3, 0.4) is 0 Å². The van der Waals surface area contributed by atoms with Crippen LogP contribution in [-0.4, -0.2) is 46.1 Å². The molecule has 0 aliphatic heterocycles. The summed E-state index contributed by atoms with van der Waals surface area (Å²) >= 11 is 0. The monoisotopic (exact) mass is 327 g/mol. The zero-order valence-corrected chi connectivity index (χ0v) is 11.2. The van der Waals surface area contributed by atoms with Crippen LogP contribution in [-0.2, 0) is 0 Å². The van der Waals surface area contributed by atoms with Crippen molar-refractivity contribution in [3.05, 3.63) is 0 Å². The molecule has 10 heteroatoms. The van der Waals surface area contributed by atoms with Crippen LogP contribution >= 0.6 is 0 Å². The van der Waals surface area contributed by atoms with E-state index in [9.17, 15) is 36.6 Å². The average Bonchev–Trinajstić information content (AvgIpc) is 2.21. The van der Waals surface area contributed by atoms with Crippen molar-refractivity contribution in [3.8, 4) is 0 Å². The summed E-state index contributed by atoms with van der Waals surface area (Å²) in [6.45, 7) is 1.50. The van der Waals surface area contributed by atoms with Crippen molar-refractivity contribution in [1.82, 2.24) is 0 Å². The number of nitrogens with two attached hydrogens (primary N) is 1. The first-order chi connectivity index (χ1) is 9.32. The Morgan fingerprint density at radius 1 is 0.905 bits per heavy atom. The highest BCUT2D eigenvalue weighted by Crippen LogP contribution is 2.38. The van der Waals surface area contributed by atoms with Crippen LogP contribution in [0.5, 0.6) is 0 Å². The smallest absolute Gasteiger partial charge is 0.392 e. The number of aliphatic hydroxyl groups excluding tert-OH is 3. The number of halogens is 6. The summed E-state index contributed by atoms with van der Waals surface area (Å²) in [5.41, 5.74) is 4.68. The molecule has 5 unspecified atom stereocenters. The van der Waals surface area contributed by atoms with Crippen LogP contribution < -0.4 is 5.73 Å². The third-order valence-electron chi connectivity index (χ3n) is 3.13. The first-order valence-electron chi connectivity index (χ1n) is 6.25. The van der Waals surface area contributed by atoms with Gasteiger partial charge in [0.15, 0.2) is 0 Å². The second-order valence-corrected chi connectivity index (χ2v) is 4.87. The van der Waals surface area contributed by atoms with Crippen molar-refractivity contribution in [1.29, 1.82) is 0 Å². The summed E-state index contributed by atoms with van der Waals surface area (Å²) in [7, 11) is 0. The van der Waals surface area contributed by atoms with E-state index in [0.29, 0.717) is 0 Å². The normalized spacial score (nSPS) is 20.7. The molecule has 21 heavy (non-hydrogen) atoms. The highest BCUT2D eigenvalue weighted by Gasteiger charge is 2.52. The molecule has 0 aromatic rings. The molecule has 0 saturated heterocycles. The fourth-order valence-corrected chi connectivity index (χ4v) is 2.05. The van der Waals surface area contributed by atoms with Gasteiger partial charge in [0.05, 0.1) is 18.1 Å². The zero-order valence-electron chi connectivity index (χ0n) is 11.2. The first-order valence-corrected chi connectivity index (χ1v) is 6.25. The molecule has 5 N–H and O–H groups in total. The van der Waals surface area contributed by atoms with Crippen molar-refractivity contribution >= 4 is 0 Å². The number of hydrogen-bond acceptors (Lipinski definition) is 4. The van der Waals surface area contributed by atoms with Crippen LogP contribution in [0, 0.1) is 11.8 Å². The van der Waals surface area contributed by atoms with Gasteiger partial charge in [0.25, 0.3) is 0 Å². The van der Waals surface area contributed by atoms with Crippen LogP contribution in [0.4, 0.5) is 26.3 Å². The first kappa shape index (κ1) is 20.4. The quantitative estimate of drug-likeness (QED) is 0.422. The maximum atomic E-state index is 12.8. The molecular weight excluding hydrogens is 308 g/mol. The number of alkyl halides is 6. The topological polar surface area (TPSA) is 86.7 Å². The van der Waals surface area contributed by atoms with Gasteiger partial charge in [-0.05, 0) is 12.8 Å². The molecule has 0 aromatic heterocycles. The Hall–Kier alpha value is -0.580. The molecule has 0 rings (SSSR count). The highest BCUT2D eigenvalue weighted by molar-refractivity contribution is 4.85. The van der Waals surface area contributed by atoms with Gasteiger partial charge >= 0.3 is 12.4 Å². The largest absolute Gasteiger partial charge is 0.398 e. The lowest BCUT2D eigenvalue weighted by atomic mass is 9.86. The Morgan fingerprint density at radius 3 is 1.67 bits per heavy atom. The second-order valence-electron chi connectivity index (χ2n) is 4.87. The predicted molar refractivity (Wildman–Crippen MR) is 60.8 cm³/mol. The van der Waals surface area contributed by atoms with E-state index in [4.69, 9.17) is 5.11 Å². The number of aliphatic hydroxyl groups is 3. The maximum Gasteiger partial charge on any atom is 0.398 e. The molecule has 0 bridgehead atoms. The minimum atomic E-state index is -5.17. The molecule has 0 fully saturated rings. The van der Waals surface area contributed by atoms with E-state index in [1.165, 1.54) is 6.92 Å². The van der Waals surface area contributed by atoms with Crippen molar-refractivity contribution in [3.63, 3.8) is 0 Å². The van der Waals surface area contributed by atoms with Gasteiger partial charge in [-0.25, -0.2) is 0 Å². The summed E-state index contributed by atoms with van der Waals surface area (Å²) in [5, 5.41) is 27.6. The van der Waals surface area contributed by atoms with Crippen LogP contribution in [0.1, 0.15) is 26.2 Å². The third-order valence-corrected chi connectivity index (χ3v) is 3.13. The minimum Gasteiger partial charge on any atom is -0.392 e. The van der Waals surface area contributed by atoms with Gasteiger partial charge < -0.3 is 21.1 Å². The lowest BCUT2D eigenvalue weighted by molar-refractivity contribution is -0.244. The summed E-state index contributed by atoms with van der Waals surface area (Å²) in [5.74, 6) is -5.45. The lowest BCUT2D eigenvalue weighted by Crippen LogP contribution is -2.49. The van der Waals surface area contributed by atoms with E-state index in [0.717, 1.165) is 0 Å². The number of hydrogen-bond donors (Lipinski definition) is 4. The van der Waals surface area contributed by atoms with E-state index < -0.39 is 49.0 Å². The Labute approximate surface area is 117 Å². The molecule has 0 saturated carbocycles. The molecule has 0 aliphatic rings. The molecule has 0 radical (unpaired) electrons. The van der Waals surface area contributed by atoms with Gasteiger partial charge in [0, 0.05) is 0 Å². The second kappa shape index (κ2) is 7.61. The van der Waals surface area contributed by atoms with E-state index in [1.54, 1.807) is 0 Å². The molecule has 0 aromatic carbocycles. The van der Waals surface area contributed by atoms with Gasteiger partial charge in [-0.2, -0.15) is 26.3 Å². The molecule has 0 amide bonds. The van der Waals surface area contributed by atoms with Crippen LogP contribution in [0.25, 0.3) is 0 Å². The Balaban J connectivity index is 5.15. The Kier molecular flexibility index (Phi) is 7.40. The SMILES string of the molecule is CCCC(O)C(CC(O)C(C(N)O)C(F)(F)F)C(F)(F)F. The van der Waals surface area contributed by atoms with Gasteiger partial charge in [-0.15, -0.1) is 0 Å². The van der Waals surface area contributed by atoms with E-state index in [2.05, 4.69) is 5.73 Å². The van der Waals surface area contributed by atoms with E-state index in [1.807, 2.05) is 0 Å². The van der Waals surface area contributed by atoms with E-state index >= 15 is 0 Å². The van der Waals surface area contributed by atoms with Gasteiger partial charge in [-0.1, -0.05) is 13.3 Å². The predicted octanol–water partition coefficient (Wildman–Crippen LogP) is 1.53. The summed E-state index contributed by atoms with van der Waals surface area (Å²) in [6.07, 6.45) is -18.7. The molecule has 128 valence electrons. The lowest BCUT2D eigenvalue weighted by Gasteiger charge is -2.32. The van der Waals surface area contributed by atoms with Gasteiger partial charge in [0.2, 0.25) is 0 Å². The van der Waals surface area contributed by atoms with Crippen LogP contribution in [0.2, 0.25) is 0 Å². The fourth-order valence-electron chi connectivity index (χ4n) is 2.05. The van der Waals surface area contributed by atoms with Gasteiger partial charge in [-0.3, -0.25) is 0 Å². The summed E-state index contributed by atoms with van der Waals surface area (Å²) in [6, 6.07) is 0. The molecule has 0 aliphatic carbocycles. The van der Waals surface area contributed by atoms with Crippen molar-refractivity contribution in [2.75, 3.05) is 0 Å². The van der Waals surface area contributed by atoms with E-state index in [-0.39, 0.29) is 12.8 Å². The summed E-state index contributed by atoms with van der Waals surface area (Å²) < 4.78 is 76.0. The molecule has 0 heterocycles. The fraction of sp³-hybridized carbons (Fsp3) is 1.00. The van der Waals surface area contributed by atoms with Crippen LogP contribution in [0.15, 0.2) is 0 Å². The van der Waals surface area contributed by atoms with Crippen molar-refractivity contribution in [2.45, 2.75) is 57.0 Å². The van der Waals surface area contributed by atoms with Crippen molar-refractivity contribution < 1.29 is 41.7 Å². The zero-order chi connectivity index (χ0) is 17.0.